The largest absolute Gasteiger partial charge is 0.417 e. The van der Waals surface area contributed by atoms with Crippen LogP contribution in [0.5, 0.6) is 0 Å². The lowest BCUT2D eigenvalue weighted by Gasteiger charge is -2.12. The summed E-state index contributed by atoms with van der Waals surface area (Å²) >= 11 is 5.49. The second-order valence-corrected chi connectivity index (χ2v) is 5.69. The van der Waals surface area contributed by atoms with Crippen molar-refractivity contribution < 1.29 is 27.2 Å². The van der Waals surface area contributed by atoms with Crippen molar-refractivity contribution in [3.63, 3.8) is 0 Å². The molecule has 138 valence electrons. The van der Waals surface area contributed by atoms with Crippen LogP contribution in [0.2, 0.25) is 5.02 Å². The molecular formula is C17H13ClF4N2O2. The van der Waals surface area contributed by atoms with E-state index in [9.17, 15) is 27.2 Å². The maximum absolute atomic E-state index is 13.4. The molecule has 0 atom stereocenters. The van der Waals surface area contributed by atoms with Crippen LogP contribution in [-0.4, -0.2) is 11.8 Å². The zero-order valence-electron chi connectivity index (χ0n) is 13.2. The number of nitrogens with one attached hydrogen (secondary N) is 2. The average molecular weight is 389 g/mol. The zero-order valence-corrected chi connectivity index (χ0v) is 13.9. The highest BCUT2D eigenvalue weighted by Gasteiger charge is 2.33. The molecule has 0 bridgehead atoms. The van der Waals surface area contributed by atoms with Gasteiger partial charge in [0.05, 0.1) is 10.6 Å². The van der Waals surface area contributed by atoms with Crippen molar-refractivity contribution in [1.82, 2.24) is 5.32 Å². The Labute approximate surface area is 151 Å². The molecule has 0 radical (unpaired) electrons. The van der Waals surface area contributed by atoms with Gasteiger partial charge in [-0.3, -0.25) is 9.59 Å². The molecule has 0 spiro atoms. The maximum Gasteiger partial charge on any atom is 0.417 e. The SMILES string of the molecule is O=C(CC(=O)Nc1ccc(Cl)c(C(F)(F)F)c1)NCc1ccccc1F. The third-order valence-corrected chi connectivity index (χ3v) is 3.64. The van der Waals surface area contributed by atoms with Gasteiger partial charge >= 0.3 is 6.18 Å². The lowest BCUT2D eigenvalue weighted by molar-refractivity contribution is -0.137. The molecule has 2 aromatic rings. The highest BCUT2D eigenvalue weighted by atomic mass is 35.5. The molecule has 0 aliphatic rings. The van der Waals surface area contributed by atoms with Crippen molar-refractivity contribution in [2.24, 2.45) is 0 Å². The van der Waals surface area contributed by atoms with E-state index in [0.717, 1.165) is 6.07 Å². The van der Waals surface area contributed by atoms with Crippen molar-refractivity contribution in [1.29, 1.82) is 0 Å². The fraction of sp³-hybridized carbons (Fsp3) is 0.176. The second kappa shape index (κ2) is 8.18. The van der Waals surface area contributed by atoms with Gasteiger partial charge in [0, 0.05) is 17.8 Å². The number of benzene rings is 2. The van der Waals surface area contributed by atoms with E-state index in [-0.39, 0.29) is 17.8 Å². The number of halogens is 5. The zero-order chi connectivity index (χ0) is 19.3. The van der Waals surface area contributed by atoms with Crippen LogP contribution >= 0.6 is 11.6 Å². The van der Waals surface area contributed by atoms with E-state index in [1.807, 2.05) is 0 Å². The molecule has 9 heteroatoms. The van der Waals surface area contributed by atoms with Gasteiger partial charge in [-0.25, -0.2) is 4.39 Å². The highest BCUT2D eigenvalue weighted by Crippen LogP contribution is 2.36. The number of amides is 2. The minimum absolute atomic E-state index is 0.113. The highest BCUT2D eigenvalue weighted by molar-refractivity contribution is 6.31. The van der Waals surface area contributed by atoms with Crippen LogP contribution in [0.15, 0.2) is 42.5 Å². The minimum atomic E-state index is -4.67. The molecule has 0 fully saturated rings. The predicted octanol–water partition coefficient (Wildman–Crippen LogP) is 4.14. The van der Waals surface area contributed by atoms with Crippen LogP contribution in [0.3, 0.4) is 0 Å². The Morgan fingerprint density at radius 3 is 2.38 bits per heavy atom. The molecule has 4 nitrogen and oxygen atoms in total. The van der Waals surface area contributed by atoms with E-state index in [0.29, 0.717) is 6.07 Å². The van der Waals surface area contributed by atoms with Gasteiger partial charge < -0.3 is 10.6 Å². The van der Waals surface area contributed by atoms with Gasteiger partial charge in [-0.05, 0) is 24.3 Å². The smallest absolute Gasteiger partial charge is 0.351 e. The standard InChI is InChI=1S/C17H13ClF4N2O2/c18-13-6-5-11(7-12(13)17(20,21)22)24-16(26)8-15(25)23-9-10-3-1-2-4-14(10)19/h1-7H,8-9H2,(H,23,25)(H,24,26). The Morgan fingerprint density at radius 1 is 1.04 bits per heavy atom. The van der Waals surface area contributed by atoms with Crippen LogP contribution in [-0.2, 0) is 22.3 Å². The molecule has 0 aliphatic heterocycles. The molecule has 0 aromatic heterocycles. The van der Waals surface area contributed by atoms with Crippen LogP contribution < -0.4 is 10.6 Å². The lowest BCUT2D eigenvalue weighted by Crippen LogP contribution is -2.28. The lowest BCUT2D eigenvalue weighted by atomic mass is 10.2. The van der Waals surface area contributed by atoms with E-state index >= 15 is 0 Å². The first-order valence-electron chi connectivity index (χ1n) is 7.33. The predicted molar refractivity (Wildman–Crippen MR) is 87.9 cm³/mol. The summed E-state index contributed by atoms with van der Waals surface area (Å²) < 4.78 is 51.8. The van der Waals surface area contributed by atoms with Crippen molar-refractivity contribution in [3.05, 3.63) is 64.4 Å². The van der Waals surface area contributed by atoms with Crippen molar-refractivity contribution in [2.75, 3.05) is 5.32 Å². The summed E-state index contributed by atoms with van der Waals surface area (Å²) in [5, 5.41) is 4.05. The summed E-state index contributed by atoms with van der Waals surface area (Å²) in [6.45, 7) is -0.113. The number of carbonyl (C=O) groups is 2. The average Bonchev–Trinajstić information content (AvgIpc) is 2.54. The number of hydrogen-bond donors (Lipinski definition) is 2. The number of anilines is 1. The summed E-state index contributed by atoms with van der Waals surface area (Å²) in [5.41, 5.74) is -0.997. The normalized spacial score (nSPS) is 11.1. The Morgan fingerprint density at radius 2 is 1.73 bits per heavy atom. The summed E-state index contributed by atoms with van der Waals surface area (Å²) in [6.07, 6.45) is -5.30. The van der Waals surface area contributed by atoms with Crippen molar-refractivity contribution in [3.8, 4) is 0 Å². The monoisotopic (exact) mass is 388 g/mol. The van der Waals surface area contributed by atoms with E-state index in [1.165, 1.54) is 24.3 Å². The molecule has 2 amide bonds. The molecule has 0 saturated heterocycles. The van der Waals surface area contributed by atoms with E-state index in [2.05, 4.69) is 10.6 Å². The fourth-order valence-electron chi connectivity index (χ4n) is 2.07. The summed E-state index contributed by atoms with van der Waals surface area (Å²) in [5.74, 6) is -2.01. The van der Waals surface area contributed by atoms with Crippen LogP contribution in [0.25, 0.3) is 0 Å². The van der Waals surface area contributed by atoms with Crippen LogP contribution in [0, 0.1) is 5.82 Å². The van der Waals surface area contributed by atoms with E-state index in [1.54, 1.807) is 6.07 Å². The molecule has 26 heavy (non-hydrogen) atoms. The quantitative estimate of drug-likeness (QED) is 0.597. The molecule has 2 aromatic carbocycles. The van der Waals surface area contributed by atoms with Gasteiger partial charge in [0.15, 0.2) is 0 Å². The third-order valence-electron chi connectivity index (χ3n) is 3.31. The van der Waals surface area contributed by atoms with Crippen molar-refractivity contribution in [2.45, 2.75) is 19.1 Å². The Hall–Kier alpha value is -2.61. The number of alkyl halides is 3. The molecule has 2 N–H and O–H groups in total. The van der Waals surface area contributed by atoms with Gasteiger partial charge in [-0.2, -0.15) is 13.2 Å². The summed E-state index contributed by atoms with van der Waals surface area (Å²) in [7, 11) is 0. The van der Waals surface area contributed by atoms with E-state index in [4.69, 9.17) is 11.6 Å². The fourth-order valence-corrected chi connectivity index (χ4v) is 2.29. The maximum atomic E-state index is 13.4. The first-order valence-corrected chi connectivity index (χ1v) is 7.71. The Bertz CT molecular complexity index is 825. The summed E-state index contributed by atoms with van der Waals surface area (Å²) in [4.78, 5) is 23.5. The van der Waals surface area contributed by atoms with Gasteiger partial charge in [0.1, 0.15) is 12.2 Å². The Kier molecular flexibility index (Phi) is 6.20. The molecule has 0 saturated carbocycles. The first-order chi connectivity index (χ1) is 12.2. The van der Waals surface area contributed by atoms with Crippen molar-refractivity contribution >= 4 is 29.1 Å². The van der Waals surface area contributed by atoms with Crippen LogP contribution in [0.1, 0.15) is 17.5 Å². The minimum Gasteiger partial charge on any atom is -0.351 e. The van der Waals surface area contributed by atoms with Gasteiger partial charge in [-0.15, -0.1) is 0 Å². The first kappa shape index (κ1) is 19.7. The number of rotatable bonds is 5. The Balaban J connectivity index is 1.92. The summed E-state index contributed by atoms with van der Waals surface area (Å²) in [6, 6.07) is 8.66. The molecular weight excluding hydrogens is 376 g/mol. The third kappa shape index (κ3) is 5.45. The molecule has 0 heterocycles. The van der Waals surface area contributed by atoms with Gasteiger partial charge in [0.25, 0.3) is 0 Å². The number of carbonyl (C=O) groups excluding carboxylic acids is 2. The topological polar surface area (TPSA) is 58.2 Å². The molecule has 0 aliphatic carbocycles. The van der Waals surface area contributed by atoms with E-state index < -0.39 is 40.8 Å². The van der Waals surface area contributed by atoms with Gasteiger partial charge in [0.2, 0.25) is 11.8 Å². The molecule has 0 unspecified atom stereocenters. The number of hydrogen-bond acceptors (Lipinski definition) is 2. The second-order valence-electron chi connectivity index (χ2n) is 5.29. The van der Waals surface area contributed by atoms with Crippen LogP contribution in [0.4, 0.5) is 23.2 Å². The van der Waals surface area contributed by atoms with Gasteiger partial charge in [-0.1, -0.05) is 29.8 Å². The molecule has 2 rings (SSSR count).